The fourth-order valence-corrected chi connectivity index (χ4v) is 3.00. The number of hydrogen-bond acceptors (Lipinski definition) is 3. The van der Waals surface area contributed by atoms with Gasteiger partial charge < -0.3 is 0 Å². The maximum atomic E-state index is 13.2. The number of carbonyl (C=O) groups is 1. The average Bonchev–Trinajstić information content (AvgIpc) is 2.69. The summed E-state index contributed by atoms with van der Waals surface area (Å²) in [5, 5.41) is 0.558. The van der Waals surface area contributed by atoms with Gasteiger partial charge in [0.15, 0.2) is 5.78 Å². The number of nitrogens with zero attached hydrogens (tertiary/aromatic N) is 2. The summed E-state index contributed by atoms with van der Waals surface area (Å²) in [4.78, 5) is 29.5. The number of Topliss-reactive ketones (excluding diaryl/α,β-unsaturated/α-hetero) is 1. The molecule has 126 valence electrons. The van der Waals surface area contributed by atoms with Crippen molar-refractivity contribution in [2.75, 3.05) is 0 Å². The predicted octanol–water partition coefficient (Wildman–Crippen LogP) is 4.26. The van der Waals surface area contributed by atoms with E-state index in [1.165, 1.54) is 6.92 Å². The van der Waals surface area contributed by atoms with E-state index in [1.807, 2.05) is 48.5 Å². The van der Waals surface area contributed by atoms with Crippen molar-refractivity contribution < 1.29 is 4.79 Å². The number of carbonyl (C=O) groups excluding carboxylic acids is 1. The Balaban J connectivity index is 2.04. The largest absolute Gasteiger partial charge is 0.295 e. The fourth-order valence-electron chi connectivity index (χ4n) is 3.00. The third kappa shape index (κ3) is 2.71. The lowest BCUT2D eigenvalue weighted by Gasteiger charge is -2.14. The molecule has 4 aromatic rings. The van der Waals surface area contributed by atoms with Crippen LogP contribution in [0.2, 0.25) is 0 Å². The topological polar surface area (TPSA) is 52.0 Å². The Morgan fingerprint density at radius 2 is 1.50 bits per heavy atom. The summed E-state index contributed by atoms with van der Waals surface area (Å²) in [7, 11) is 0. The van der Waals surface area contributed by atoms with Crippen LogP contribution in [0.3, 0.4) is 0 Å². The third-order valence-corrected chi connectivity index (χ3v) is 4.34. The van der Waals surface area contributed by atoms with Crippen molar-refractivity contribution in [2.24, 2.45) is 0 Å². The molecule has 0 atom stereocenters. The molecule has 4 rings (SSSR count). The Labute approximate surface area is 150 Å². The van der Waals surface area contributed by atoms with E-state index in [2.05, 4.69) is 0 Å². The van der Waals surface area contributed by atoms with E-state index in [-0.39, 0.29) is 11.3 Å². The normalized spacial score (nSPS) is 10.8. The molecule has 0 aliphatic rings. The molecule has 0 saturated heterocycles. The number of fused-ring (bicyclic) bond motifs is 1. The predicted molar refractivity (Wildman–Crippen MR) is 103 cm³/mol. The molecule has 0 radical (unpaired) electrons. The van der Waals surface area contributed by atoms with Crippen LogP contribution in [0, 0.1) is 0 Å². The summed E-state index contributed by atoms with van der Waals surface area (Å²) >= 11 is 0. The second-order valence-corrected chi connectivity index (χ2v) is 6.06. The lowest BCUT2D eigenvalue weighted by molar-refractivity contribution is 0.101. The van der Waals surface area contributed by atoms with Gasteiger partial charge in [0.25, 0.3) is 5.56 Å². The van der Waals surface area contributed by atoms with Crippen LogP contribution < -0.4 is 5.56 Å². The molecular weight excluding hydrogens is 324 g/mol. The molecule has 0 unspecified atom stereocenters. The monoisotopic (exact) mass is 340 g/mol. The maximum Gasteiger partial charge on any atom is 0.266 e. The van der Waals surface area contributed by atoms with E-state index in [4.69, 9.17) is 4.98 Å². The van der Waals surface area contributed by atoms with E-state index in [1.54, 1.807) is 34.9 Å². The van der Waals surface area contributed by atoms with Gasteiger partial charge in [-0.15, -0.1) is 0 Å². The highest BCUT2D eigenvalue weighted by molar-refractivity contribution is 5.94. The Morgan fingerprint density at radius 1 is 0.846 bits per heavy atom. The van der Waals surface area contributed by atoms with Crippen LogP contribution >= 0.6 is 0 Å². The molecule has 26 heavy (non-hydrogen) atoms. The number of para-hydroxylation sites is 1. The SMILES string of the molecule is CC(=O)c1ccc(-n2c(-c3ccccc3)nc3ccccc3c2=O)cc1. The first kappa shape index (κ1) is 16.0. The van der Waals surface area contributed by atoms with Crippen molar-refractivity contribution in [1.29, 1.82) is 0 Å². The van der Waals surface area contributed by atoms with Crippen LogP contribution in [0.4, 0.5) is 0 Å². The fraction of sp³-hybridized carbons (Fsp3) is 0.0455. The first-order chi connectivity index (χ1) is 12.6. The molecule has 0 aliphatic heterocycles. The molecule has 1 heterocycles. The molecule has 0 fully saturated rings. The van der Waals surface area contributed by atoms with Crippen LogP contribution in [0.25, 0.3) is 28.0 Å². The first-order valence-corrected chi connectivity index (χ1v) is 8.34. The van der Waals surface area contributed by atoms with E-state index >= 15 is 0 Å². The summed E-state index contributed by atoms with van der Waals surface area (Å²) < 4.78 is 1.60. The molecule has 4 nitrogen and oxygen atoms in total. The smallest absolute Gasteiger partial charge is 0.266 e. The second-order valence-electron chi connectivity index (χ2n) is 6.06. The van der Waals surface area contributed by atoms with Crippen molar-refractivity contribution >= 4 is 16.7 Å². The van der Waals surface area contributed by atoms with Crippen LogP contribution in [-0.2, 0) is 0 Å². The Kier molecular flexibility index (Phi) is 3.93. The van der Waals surface area contributed by atoms with Gasteiger partial charge in [0.2, 0.25) is 0 Å². The standard InChI is InChI=1S/C22H16N2O2/c1-15(25)16-11-13-18(14-12-16)24-21(17-7-3-2-4-8-17)23-20-10-6-5-9-19(20)22(24)26/h2-14H,1H3. The highest BCUT2D eigenvalue weighted by Crippen LogP contribution is 2.22. The third-order valence-electron chi connectivity index (χ3n) is 4.34. The van der Waals surface area contributed by atoms with Gasteiger partial charge >= 0.3 is 0 Å². The molecule has 0 spiro atoms. The first-order valence-electron chi connectivity index (χ1n) is 8.34. The number of rotatable bonds is 3. The second kappa shape index (κ2) is 6.41. The molecule has 0 aliphatic carbocycles. The van der Waals surface area contributed by atoms with Gasteiger partial charge in [0, 0.05) is 11.1 Å². The number of hydrogen-bond donors (Lipinski definition) is 0. The molecule has 0 saturated carbocycles. The van der Waals surface area contributed by atoms with Gasteiger partial charge in [-0.25, -0.2) is 4.98 Å². The summed E-state index contributed by atoms with van der Waals surface area (Å²) in [6.45, 7) is 1.52. The van der Waals surface area contributed by atoms with E-state index in [0.29, 0.717) is 28.0 Å². The number of aromatic nitrogens is 2. The lowest BCUT2D eigenvalue weighted by Crippen LogP contribution is -2.22. The van der Waals surface area contributed by atoms with Crippen LogP contribution in [-0.4, -0.2) is 15.3 Å². The zero-order valence-electron chi connectivity index (χ0n) is 14.2. The molecule has 0 N–H and O–H groups in total. The van der Waals surface area contributed by atoms with Crippen molar-refractivity contribution in [2.45, 2.75) is 6.92 Å². The minimum absolute atomic E-state index is 0.0104. The lowest BCUT2D eigenvalue weighted by atomic mass is 10.1. The Bertz CT molecular complexity index is 1160. The maximum absolute atomic E-state index is 13.2. The summed E-state index contributed by atoms with van der Waals surface area (Å²) in [6.07, 6.45) is 0. The van der Waals surface area contributed by atoms with Gasteiger partial charge in [-0.1, -0.05) is 42.5 Å². The van der Waals surface area contributed by atoms with Crippen LogP contribution in [0.15, 0.2) is 83.7 Å². The minimum Gasteiger partial charge on any atom is -0.295 e. The highest BCUT2D eigenvalue weighted by Gasteiger charge is 2.14. The molecule has 1 aromatic heterocycles. The van der Waals surface area contributed by atoms with E-state index < -0.39 is 0 Å². The van der Waals surface area contributed by atoms with E-state index in [9.17, 15) is 9.59 Å². The van der Waals surface area contributed by atoms with Crippen LogP contribution in [0.5, 0.6) is 0 Å². The Morgan fingerprint density at radius 3 is 2.19 bits per heavy atom. The zero-order chi connectivity index (χ0) is 18.1. The van der Waals surface area contributed by atoms with Crippen molar-refractivity contribution in [3.63, 3.8) is 0 Å². The van der Waals surface area contributed by atoms with Crippen molar-refractivity contribution in [3.8, 4) is 17.1 Å². The van der Waals surface area contributed by atoms with Gasteiger partial charge in [0.05, 0.1) is 16.6 Å². The summed E-state index contributed by atoms with van der Waals surface area (Å²) in [5.41, 5.74) is 2.66. The molecule has 3 aromatic carbocycles. The molecule has 4 heteroatoms. The highest BCUT2D eigenvalue weighted by atomic mass is 16.1. The average molecular weight is 340 g/mol. The van der Waals surface area contributed by atoms with Gasteiger partial charge in [0.1, 0.15) is 5.82 Å². The molecule has 0 amide bonds. The van der Waals surface area contributed by atoms with Crippen LogP contribution in [0.1, 0.15) is 17.3 Å². The van der Waals surface area contributed by atoms with Gasteiger partial charge in [-0.2, -0.15) is 0 Å². The van der Waals surface area contributed by atoms with Gasteiger partial charge in [-0.3, -0.25) is 14.2 Å². The summed E-state index contributed by atoms with van der Waals surface area (Å²) in [6, 6.07) is 23.9. The number of ketones is 1. The van der Waals surface area contributed by atoms with E-state index in [0.717, 1.165) is 5.56 Å². The summed E-state index contributed by atoms with van der Waals surface area (Å²) in [5.74, 6) is 0.564. The Hall–Kier alpha value is -3.53. The minimum atomic E-state index is -0.134. The van der Waals surface area contributed by atoms with Crippen molar-refractivity contribution in [1.82, 2.24) is 9.55 Å². The van der Waals surface area contributed by atoms with Gasteiger partial charge in [-0.05, 0) is 43.3 Å². The number of benzene rings is 3. The zero-order valence-corrected chi connectivity index (χ0v) is 14.2. The van der Waals surface area contributed by atoms with Crippen molar-refractivity contribution in [3.05, 3.63) is 94.8 Å². The molecule has 0 bridgehead atoms. The quantitative estimate of drug-likeness (QED) is 0.524. The molecular formula is C22H16N2O2.